The first-order chi connectivity index (χ1) is 5.79. The van der Waals surface area contributed by atoms with E-state index < -0.39 is 0 Å². The Morgan fingerprint density at radius 2 is 2.58 bits per heavy atom. The Morgan fingerprint density at radius 1 is 1.75 bits per heavy atom. The van der Waals surface area contributed by atoms with Crippen molar-refractivity contribution >= 4 is 0 Å². The maximum absolute atomic E-state index is 5.87. The van der Waals surface area contributed by atoms with Crippen molar-refractivity contribution in [3.05, 3.63) is 17.5 Å². The van der Waals surface area contributed by atoms with E-state index in [-0.39, 0.29) is 6.04 Å². The number of rotatable bonds is 1. The van der Waals surface area contributed by atoms with Crippen LogP contribution in [-0.4, -0.2) is 11.2 Å². The Balaban J connectivity index is 2.31. The third kappa shape index (κ3) is 1.14. The van der Waals surface area contributed by atoms with Crippen LogP contribution < -0.4 is 5.73 Å². The van der Waals surface area contributed by atoms with Crippen molar-refractivity contribution in [1.29, 1.82) is 0 Å². The van der Waals surface area contributed by atoms with Gasteiger partial charge in [0.2, 0.25) is 0 Å². The predicted molar refractivity (Wildman–Crippen MR) is 45.8 cm³/mol. The highest BCUT2D eigenvalue weighted by molar-refractivity contribution is 5.23. The third-order valence-electron chi connectivity index (χ3n) is 2.63. The lowest BCUT2D eigenvalue weighted by Gasteiger charge is -2.23. The van der Waals surface area contributed by atoms with Crippen molar-refractivity contribution < 1.29 is 4.52 Å². The second-order valence-electron chi connectivity index (χ2n) is 3.56. The molecule has 0 fully saturated rings. The summed E-state index contributed by atoms with van der Waals surface area (Å²) in [5.41, 5.74) is 7.10. The Kier molecular flexibility index (Phi) is 1.89. The summed E-state index contributed by atoms with van der Waals surface area (Å²) in [6, 6.07) is 0.212. The van der Waals surface area contributed by atoms with Crippen molar-refractivity contribution in [2.75, 3.05) is 0 Å². The summed E-state index contributed by atoms with van der Waals surface area (Å²) in [4.78, 5) is 0. The summed E-state index contributed by atoms with van der Waals surface area (Å²) < 4.78 is 5.13. The molecule has 0 saturated carbocycles. The van der Waals surface area contributed by atoms with Crippen molar-refractivity contribution in [2.24, 2.45) is 5.73 Å². The molecule has 3 heteroatoms. The fourth-order valence-electron chi connectivity index (χ4n) is 1.95. The zero-order chi connectivity index (χ0) is 8.55. The predicted octanol–water partition coefficient (Wildman–Crippen LogP) is 1.44. The third-order valence-corrected chi connectivity index (χ3v) is 2.63. The van der Waals surface area contributed by atoms with Gasteiger partial charge in [-0.3, -0.25) is 0 Å². The van der Waals surface area contributed by atoms with Gasteiger partial charge in [-0.15, -0.1) is 0 Å². The van der Waals surface area contributed by atoms with Gasteiger partial charge in [0.25, 0.3) is 0 Å². The molecular formula is C9H14N2O. The second-order valence-corrected chi connectivity index (χ2v) is 3.56. The molecule has 2 N–H and O–H groups in total. The summed E-state index contributed by atoms with van der Waals surface area (Å²) in [5.74, 6) is 1.50. The molecule has 0 bridgehead atoms. The highest BCUT2D eigenvalue weighted by atomic mass is 16.5. The molecule has 1 aliphatic rings. The minimum absolute atomic E-state index is 0.212. The lowest BCUT2D eigenvalue weighted by atomic mass is 9.83. The van der Waals surface area contributed by atoms with Gasteiger partial charge >= 0.3 is 0 Å². The van der Waals surface area contributed by atoms with Crippen LogP contribution in [0.15, 0.2) is 10.7 Å². The number of aryl methyl sites for hydroxylation is 1. The Bertz CT molecular complexity index is 267. The van der Waals surface area contributed by atoms with Gasteiger partial charge in [-0.2, -0.15) is 0 Å². The molecule has 0 aliphatic heterocycles. The van der Waals surface area contributed by atoms with E-state index in [4.69, 9.17) is 10.3 Å². The van der Waals surface area contributed by atoms with E-state index >= 15 is 0 Å². The fraction of sp³-hybridized carbons (Fsp3) is 0.667. The van der Waals surface area contributed by atoms with E-state index in [2.05, 4.69) is 5.16 Å². The molecule has 0 saturated heterocycles. The molecule has 0 spiro atoms. The Labute approximate surface area is 71.9 Å². The summed E-state index contributed by atoms with van der Waals surface area (Å²) in [6.45, 7) is 2.05. The fourth-order valence-corrected chi connectivity index (χ4v) is 1.95. The molecule has 1 aromatic heterocycles. The largest absolute Gasteiger partial charge is 0.361 e. The van der Waals surface area contributed by atoms with Gasteiger partial charge in [0.1, 0.15) is 5.76 Å². The lowest BCUT2D eigenvalue weighted by Crippen LogP contribution is -2.27. The van der Waals surface area contributed by atoms with Crippen LogP contribution in [0, 0.1) is 0 Å². The first-order valence-electron chi connectivity index (χ1n) is 4.48. The molecule has 0 aromatic carbocycles. The van der Waals surface area contributed by atoms with Crippen molar-refractivity contribution in [3.8, 4) is 0 Å². The summed E-state index contributed by atoms with van der Waals surface area (Å²) in [7, 11) is 0. The van der Waals surface area contributed by atoms with Crippen LogP contribution in [0.1, 0.15) is 37.0 Å². The minimum atomic E-state index is 0.212. The zero-order valence-corrected chi connectivity index (χ0v) is 7.29. The average Bonchev–Trinajstić information content (AvgIpc) is 2.49. The lowest BCUT2D eigenvalue weighted by molar-refractivity contribution is 0.358. The number of nitrogens with zero attached hydrogens (tertiary/aromatic N) is 1. The number of aromatic nitrogens is 1. The van der Waals surface area contributed by atoms with Gasteiger partial charge in [0.05, 0.1) is 6.20 Å². The molecule has 12 heavy (non-hydrogen) atoms. The first-order valence-corrected chi connectivity index (χ1v) is 4.48. The van der Waals surface area contributed by atoms with Gasteiger partial charge in [0, 0.05) is 23.9 Å². The topological polar surface area (TPSA) is 52.0 Å². The summed E-state index contributed by atoms with van der Waals surface area (Å²) >= 11 is 0. The van der Waals surface area contributed by atoms with Crippen LogP contribution in [0.5, 0.6) is 0 Å². The highest BCUT2D eigenvalue weighted by Gasteiger charge is 2.25. The van der Waals surface area contributed by atoms with Crippen LogP contribution in [0.3, 0.4) is 0 Å². The minimum Gasteiger partial charge on any atom is -0.361 e. The quantitative estimate of drug-likeness (QED) is 0.686. The van der Waals surface area contributed by atoms with Gasteiger partial charge < -0.3 is 10.3 Å². The van der Waals surface area contributed by atoms with Crippen molar-refractivity contribution in [3.63, 3.8) is 0 Å². The molecular weight excluding hydrogens is 152 g/mol. The molecule has 1 aliphatic carbocycles. The zero-order valence-electron chi connectivity index (χ0n) is 7.29. The summed E-state index contributed by atoms with van der Waals surface area (Å²) in [5, 5.41) is 3.81. The Hall–Kier alpha value is -0.830. The van der Waals surface area contributed by atoms with Crippen LogP contribution in [-0.2, 0) is 6.42 Å². The van der Waals surface area contributed by atoms with Crippen molar-refractivity contribution in [2.45, 2.75) is 38.1 Å². The van der Waals surface area contributed by atoms with E-state index in [9.17, 15) is 0 Å². The monoisotopic (exact) mass is 166 g/mol. The van der Waals surface area contributed by atoms with Gasteiger partial charge in [-0.25, -0.2) is 0 Å². The van der Waals surface area contributed by atoms with Gasteiger partial charge in [0.15, 0.2) is 0 Å². The first kappa shape index (κ1) is 7.80. The van der Waals surface area contributed by atoms with Crippen LogP contribution in [0.25, 0.3) is 0 Å². The van der Waals surface area contributed by atoms with E-state index in [1.165, 1.54) is 18.4 Å². The highest BCUT2D eigenvalue weighted by Crippen LogP contribution is 2.32. The molecule has 2 rings (SSSR count). The molecule has 2 unspecified atom stereocenters. The molecule has 2 atom stereocenters. The van der Waals surface area contributed by atoms with Crippen LogP contribution in [0.4, 0.5) is 0 Å². The standard InChI is InChI=1S/C9H14N2O/c1-6(10)7-3-2-4-9-8(7)5-11-12-9/h5-7H,2-4,10H2,1H3. The SMILES string of the molecule is CC(N)C1CCCc2oncc21. The average molecular weight is 166 g/mol. The molecule has 3 nitrogen and oxygen atoms in total. The maximum Gasteiger partial charge on any atom is 0.140 e. The second kappa shape index (κ2) is 2.90. The van der Waals surface area contributed by atoms with Crippen molar-refractivity contribution in [1.82, 2.24) is 5.16 Å². The van der Waals surface area contributed by atoms with E-state index in [1.807, 2.05) is 13.1 Å². The molecule has 0 radical (unpaired) electrons. The van der Waals surface area contributed by atoms with E-state index in [0.717, 1.165) is 12.2 Å². The van der Waals surface area contributed by atoms with E-state index in [1.54, 1.807) is 0 Å². The number of hydrogen-bond acceptors (Lipinski definition) is 3. The van der Waals surface area contributed by atoms with Crippen LogP contribution in [0.2, 0.25) is 0 Å². The van der Waals surface area contributed by atoms with Gasteiger partial charge in [-0.1, -0.05) is 5.16 Å². The van der Waals surface area contributed by atoms with Crippen LogP contribution >= 0.6 is 0 Å². The maximum atomic E-state index is 5.87. The number of hydrogen-bond donors (Lipinski definition) is 1. The molecule has 0 amide bonds. The molecule has 1 aromatic rings. The normalized spacial score (nSPS) is 25.0. The number of nitrogens with two attached hydrogens (primary N) is 1. The van der Waals surface area contributed by atoms with E-state index in [0.29, 0.717) is 5.92 Å². The Morgan fingerprint density at radius 3 is 3.33 bits per heavy atom. The molecule has 1 heterocycles. The molecule has 66 valence electrons. The van der Waals surface area contributed by atoms with Gasteiger partial charge in [-0.05, 0) is 19.8 Å². The smallest absolute Gasteiger partial charge is 0.140 e. The number of fused-ring (bicyclic) bond motifs is 1. The summed E-state index contributed by atoms with van der Waals surface area (Å²) in [6.07, 6.45) is 5.20.